The van der Waals surface area contributed by atoms with Gasteiger partial charge in [-0.15, -0.1) is 0 Å². The predicted molar refractivity (Wildman–Crippen MR) is 137 cm³/mol. The summed E-state index contributed by atoms with van der Waals surface area (Å²) >= 11 is 0. The zero-order valence-corrected chi connectivity index (χ0v) is 19.8. The largest absolute Gasteiger partial charge is 0.383 e. The molecule has 0 saturated carbocycles. The zero-order chi connectivity index (χ0) is 24.5. The van der Waals surface area contributed by atoms with E-state index < -0.39 is 0 Å². The zero-order valence-electron chi connectivity index (χ0n) is 19.8. The van der Waals surface area contributed by atoms with Crippen molar-refractivity contribution in [1.29, 1.82) is 0 Å². The van der Waals surface area contributed by atoms with E-state index in [1.165, 1.54) is 10.5 Å². The summed E-state index contributed by atoms with van der Waals surface area (Å²) in [6, 6.07) is 14.9. The van der Waals surface area contributed by atoms with Crippen LogP contribution in [0.4, 0.5) is 5.82 Å². The summed E-state index contributed by atoms with van der Waals surface area (Å²) < 4.78 is 0. The molecule has 7 heteroatoms. The molecule has 1 saturated heterocycles. The van der Waals surface area contributed by atoms with Crippen molar-refractivity contribution in [3.05, 3.63) is 89.4 Å². The molecule has 1 unspecified atom stereocenters. The smallest absolute Gasteiger partial charge is 0.253 e. The van der Waals surface area contributed by atoms with E-state index >= 15 is 0 Å². The number of hydrogen-bond acceptors (Lipinski definition) is 6. The van der Waals surface area contributed by atoms with E-state index in [-0.39, 0.29) is 23.6 Å². The fraction of sp³-hybridized carbons (Fsp3) is 0.214. The van der Waals surface area contributed by atoms with Crippen LogP contribution in [0.25, 0.3) is 21.9 Å². The first-order valence-electron chi connectivity index (χ1n) is 11.7. The number of ketones is 1. The van der Waals surface area contributed by atoms with Crippen molar-refractivity contribution in [2.75, 3.05) is 26.4 Å². The standard InChI is InChI=1S/C28H27N5O2/c1-33(2)28(35)18-7-5-17(6-8-18)26(34)23-14-21(15-32-27(23)29)20-12-19-9-11-30-16-24(19)22(13-20)25-4-3-10-31-25/h5-9,11-16,25,31H,3-4,10H2,1-2H3,(H2,29,32). The lowest BCUT2D eigenvalue weighted by Gasteiger charge is -2.16. The Kier molecular flexibility index (Phi) is 6.01. The van der Waals surface area contributed by atoms with Crippen LogP contribution in [-0.2, 0) is 0 Å². The van der Waals surface area contributed by atoms with E-state index in [0.29, 0.717) is 16.7 Å². The van der Waals surface area contributed by atoms with E-state index in [0.717, 1.165) is 41.3 Å². The summed E-state index contributed by atoms with van der Waals surface area (Å²) in [7, 11) is 3.38. The van der Waals surface area contributed by atoms with Crippen molar-refractivity contribution < 1.29 is 9.59 Å². The van der Waals surface area contributed by atoms with Gasteiger partial charge in [0.1, 0.15) is 5.82 Å². The summed E-state index contributed by atoms with van der Waals surface area (Å²) in [6.07, 6.45) is 7.62. The maximum atomic E-state index is 13.3. The highest BCUT2D eigenvalue weighted by molar-refractivity contribution is 6.12. The molecule has 35 heavy (non-hydrogen) atoms. The Labute approximate surface area is 204 Å². The summed E-state index contributed by atoms with van der Waals surface area (Å²) in [5.74, 6) is -0.176. The second kappa shape index (κ2) is 9.27. The van der Waals surface area contributed by atoms with Gasteiger partial charge in [-0.2, -0.15) is 0 Å². The highest BCUT2D eigenvalue weighted by atomic mass is 16.2. The molecule has 0 aliphatic carbocycles. The van der Waals surface area contributed by atoms with Gasteiger partial charge >= 0.3 is 0 Å². The van der Waals surface area contributed by atoms with Gasteiger partial charge in [-0.1, -0.05) is 12.1 Å². The number of hydrogen-bond donors (Lipinski definition) is 2. The third-order valence-electron chi connectivity index (χ3n) is 6.52. The SMILES string of the molecule is CN(C)C(=O)c1ccc(C(=O)c2cc(-c3cc(C4CCCN4)c4cnccc4c3)cnc2N)cc1. The molecule has 176 valence electrons. The Bertz CT molecular complexity index is 1420. The van der Waals surface area contributed by atoms with Gasteiger partial charge in [-0.25, -0.2) is 4.98 Å². The van der Waals surface area contributed by atoms with Crippen LogP contribution in [0.2, 0.25) is 0 Å². The first kappa shape index (κ1) is 22.7. The number of rotatable bonds is 5. The van der Waals surface area contributed by atoms with Crippen LogP contribution in [0, 0.1) is 0 Å². The van der Waals surface area contributed by atoms with Crippen LogP contribution in [0.1, 0.15) is 50.7 Å². The normalized spacial score (nSPS) is 15.3. The van der Waals surface area contributed by atoms with Gasteiger partial charge in [0.05, 0.1) is 5.56 Å². The van der Waals surface area contributed by atoms with Gasteiger partial charge < -0.3 is 16.0 Å². The number of nitrogen functional groups attached to an aromatic ring is 1. The van der Waals surface area contributed by atoms with Gasteiger partial charge in [0.2, 0.25) is 0 Å². The number of nitrogens with two attached hydrogens (primary N) is 1. The van der Waals surface area contributed by atoms with E-state index in [9.17, 15) is 9.59 Å². The average Bonchev–Trinajstić information content (AvgIpc) is 3.42. The minimum Gasteiger partial charge on any atom is -0.383 e. The van der Waals surface area contributed by atoms with Gasteiger partial charge in [0, 0.05) is 60.8 Å². The molecule has 4 aromatic rings. The lowest BCUT2D eigenvalue weighted by atomic mass is 9.93. The predicted octanol–water partition coefficient (Wildman–Crippen LogP) is 4.24. The van der Waals surface area contributed by atoms with Crippen LogP contribution < -0.4 is 11.1 Å². The summed E-state index contributed by atoms with van der Waals surface area (Å²) in [5, 5.41) is 5.80. The number of anilines is 1. The van der Waals surface area contributed by atoms with Crippen molar-refractivity contribution >= 4 is 28.3 Å². The van der Waals surface area contributed by atoms with Crippen LogP contribution in [0.3, 0.4) is 0 Å². The number of nitrogens with one attached hydrogen (secondary N) is 1. The average molecular weight is 466 g/mol. The van der Waals surface area contributed by atoms with Crippen molar-refractivity contribution in [1.82, 2.24) is 20.2 Å². The van der Waals surface area contributed by atoms with Crippen molar-refractivity contribution in [2.45, 2.75) is 18.9 Å². The molecule has 2 aromatic carbocycles. The Morgan fingerprint density at radius 1 is 1.00 bits per heavy atom. The number of benzene rings is 2. The van der Waals surface area contributed by atoms with Gasteiger partial charge in [-0.3, -0.25) is 14.6 Å². The molecule has 1 aliphatic rings. The number of pyridine rings is 2. The van der Waals surface area contributed by atoms with E-state index in [1.54, 1.807) is 56.8 Å². The molecule has 1 aliphatic heterocycles. The first-order valence-corrected chi connectivity index (χ1v) is 11.7. The minimum absolute atomic E-state index is 0.119. The third kappa shape index (κ3) is 4.38. The Balaban J connectivity index is 1.53. The number of fused-ring (bicyclic) bond motifs is 1. The fourth-order valence-corrected chi connectivity index (χ4v) is 4.62. The molecule has 0 radical (unpaired) electrons. The summed E-state index contributed by atoms with van der Waals surface area (Å²) in [6.45, 7) is 0.998. The Morgan fingerprint density at radius 2 is 1.77 bits per heavy atom. The maximum Gasteiger partial charge on any atom is 0.253 e. The van der Waals surface area contributed by atoms with Crippen molar-refractivity contribution in [3.63, 3.8) is 0 Å². The van der Waals surface area contributed by atoms with E-state index in [2.05, 4.69) is 27.4 Å². The highest BCUT2D eigenvalue weighted by Gasteiger charge is 2.21. The highest BCUT2D eigenvalue weighted by Crippen LogP contribution is 2.34. The van der Waals surface area contributed by atoms with Crippen LogP contribution in [0.15, 0.2) is 67.1 Å². The molecule has 1 atom stereocenters. The molecule has 3 N–H and O–H groups in total. The maximum absolute atomic E-state index is 13.3. The molecule has 2 aromatic heterocycles. The first-order chi connectivity index (χ1) is 16.9. The molecule has 7 nitrogen and oxygen atoms in total. The molecule has 1 fully saturated rings. The number of amides is 1. The topological polar surface area (TPSA) is 101 Å². The van der Waals surface area contributed by atoms with Crippen LogP contribution >= 0.6 is 0 Å². The van der Waals surface area contributed by atoms with Crippen molar-refractivity contribution in [3.8, 4) is 11.1 Å². The van der Waals surface area contributed by atoms with Crippen LogP contribution in [0.5, 0.6) is 0 Å². The molecule has 1 amide bonds. The lowest BCUT2D eigenvalue weighted by Crippen LogP contribution is -2.21. The molecule has 0 spiro atoms. The second-order valence-electron chi connectivity index (χ2n) is 9.07. The summed E-state index contributed by atoms with van der Waals surface area (Å²) in [4.78, 5) is 35.7. The van der Waals surface area contributed by atoms with Gasteiger partial charge in [0.25, 0.3) is 5.91 Å². The van der Waals surface area contributed by atoms with Crippen molar-refractivity contribution in [2.24, 2.45) is 0 Å². The number of nitrogens with zero attached hydrogens (tertiary/aromatic N) is 3. The van der Waals surface area contributed by atoms with E-state index in [1.807, 2.05) is 12.3 Å². The Morgan fingerprint density at radius 3 is 2.49 bits per heavy atom. The number of aromatic nitrogens is 2. The fourth-order valence-electron chi connectivity index (χ4n) is 4.62. The molecule has 5 rings (SSSR count). The quantitative estimate of drug-likeness (QED) is 0.428. The second-order valence-corrected chi connectivity index (χ2v) is 9.07. The monoisotopic (exact) mass is 465 g/mol. The van der Waals surface area contributed by atoms with Gasteiger partial charge in [0.15, 0.2) is 5.78 Å². The molecular formula is C28H27N5O2. The summed E-state index contributed by atoms with van der Waals surface area (Å²) in [5.41, 5.74) is 10.4. The van der Waals surface area contributed by atoms with Gasteiger partial charge in [-0.05, 0) is 72.3 Å². The van der Waals surface area contributed by atoms with E-state index in [4.69, 9.17) is 5.73 Å². The lowest BCUT2D eigenvalue weighted by molar-refractivity contribution is 0.0827. The van der Waals surface area contributed by atoms with Crippen LogP contribution in [-0.4, -0.2) is 47.2 Å². The molecular weight excluding hydrogens is 438 g/mol. The molecule has 0 bridgehead atoms. The number of carbonyl (C=O) groups excluding carboxylic acids is 2. The third-order valence-corrected chi connectivity index (χ3v) is 6.52. The minimum atomic E-state index is -0.233. The molecule has 3 heterocycles. The Hall–Kier alpha value is -4.10. The number of carbonyl (C=O) groups is 2.